The molecular weight excluding hydrogens is 508 g/mol. The van der Waals surface area contributed by atoms with E-state index >= 15 is 0 Å². The number of anilines is 1. The lowest BCUT2D eigenvalue weighted by atomic mass is 9.77. The number of hydrogen-bond donors (Lipinski definition) is 1. The summed E-state index contributed by atoms with van der Waals surface area (Å²) in [6.45, 7) is 0.515. The van der Waals surface area contributed by atoms with Gasteiger partial charge in [-0.3, -0.25) is 4.99 Å². The molecule has 2 aliphatic rings. The summed E-state index contributed by atoms with van der Waals surface area (Å²) >= 11 is 3.48. The maximum absolute atomic E-state index is 6.10. The van der Waals surface area contributed by atoms with E-state index < -0.39 is 0 Å². The first kappa shape index (κ1) is 22.8. The number of nitrogens with zero attached hydrogens (tertiary/aromatic N) is 1. The number of para-hydroxylation sites is 2. The number of ether oxygens (including phenoxy) is 1. The molecule has 0 unspecified atom stereocenters. The van der Waals surface area contributed by atoms with Crippen molar-refractivity contribution in [2.24, 2.45) is 10.9 Å². The van der Waals surface area contributed by atoms with Gasteiger partial charge in [0, 0.05) is 27.9 Å². The molecule has 1 aliphatic carbocycles. The molecule has 36 heavy (non-hydrogen) atoms. The smallest absolute Gasteiger partial charge is 0.128 e. The highest BCUT2D eigenvalue weighted by Crippen LogP contribution is 2.49. The van der Waals surface area contributed by atoms with Crippen LogP contribution in [0.25, 0.3) is 0 Å². The lowest BCUT2D eigenvalue weighted by molar-refractivity contribution is 0.306. The number of nitrogens with one attached hydrogen (secondary N) is 1. The van der Waals surface area contributed by atoms with Gasteiger partial charge in [-0.15, -0.1) is 0 Å². The Bertz CT molecular complexity index is 1410. The van der Waals surface area contributed by atoms with Crippen LogP contribution in [0.3, 0.4) is 0 Å². The van der Waals surface area contributed by atoms with Gasteiger partial charge in [-0.25, -0.2) is 0 Å². The minimum atomic E-state index is 0.297. The van der Waals surface area contributed by atoms with Crippen molar-refractivity contribution in [3.8, 4) is 5.75 Å². The monoisotopic (exact) mass is 534 g/mol. The maximum atomic E-state index is 6.10. The highest BCUT2D eigenvalue weighted by atomic mass is 79.9. The van der Waals surface area contributed by atoms with E-state index in [1.54, 1.807) is 0 Å². The van der Waals surface area contributed by atoms with Crippen LogP contribution in [0.4, 0.5) is 11.4 Å². The van der Waals surface area contributed by atoms with Crippen LogP contribution in [0.1, 0.15) is 40.6 Å². The molecule has 0 spiro atoms. The molecule has 0 saturated heterocycles. The van der Waals surface area contributed by atoms with E-state index in [4.69, 9.17) is 9.73 Å². The molecule has 1 heterocycles. The molecular formula is C32H27BrN2O. The predicted octanol–water partition coefficient (Wildman–Crippen LogP) is 8.61. The van der Waals surface area contributed by atoms with Crippen LogP contribution in [0, 0.1) is 5.92 Å². The highest BCUT2D eigenvalue weighted by molar-refractivity contribution is 9.10. The molecule has 178 valence electrons. The maximum Gasteiger partial charge on any atom is 0.128 e. The third-order valence-corrected chi connectivity index (χ3v) is 7.63. The summed E-state index contributed by atoms with van der Waals surface area (Å²) in [6, 6.07) is 33.8. The molecule has 0 amide bonds. The third-order valence-electron chi connectivity index (χ3n) is 7.10. The van der Waals surface area contributed by atoms with Crippen molar-refractivity contribution in [1.82, 2.24) is 0 Å². The average molecular weight is 535 g/mol. The summed E-state index contributed by atoms with van der Waals surface area (Å²) in [5.74, 6) is 1.86. The molecule has 3 atom stereocenters. The van der Waals surface area contributed by atoms with Crippen LogP contribution < -0.4 is 10.1 Å². The van der Waals surface area contributed by atoms with Gasteiger partial charge < -0.3 is 10.1 Å². The van der Waals surface area contributed by atoms with Crippen LogP contribution in [-0.4, -0.2) is 6.21 Å². The lowest BCUT2D eigenvalue weighted by Crippen LogP contribution is -2.28. The fourth-order valence-electron chi connectivity index (χ4n) is 5.25. The van der Waals surface area contributed by atoms with Gasteiger partial charge in [-0.1, -0.05) is 82.7 Å². The van der Waals surface area contributed by atoms with Gasteiger partial charge in [0.1, 0.15) is 12.4 Å². The van der Waals surface area contributed by atoms with Gasteiger partial charge in [0.25, 0.3) is 0 Å². The van der Waals surface area contributed by atoms with Crippen LogP contribution >= 0.6 is 15.9 Å². The topological polar surface area (TPSA) is 33.6 Å². The Morgan fingerprint density at radius 3 is 2.53 bits per heavy atom. The first-order valence-electron chi connectivity index (χ1n) is 12.4. The van der Waals surface area contributed by atoms with Crippen LogP contribution in [0.5, 0.6) is 5.75 Å². The van der Waals surface area contributed by atoms with Gasteiger partial charge in [0.15, 0.2) is 0 Å². The molecule has 0 bridgehead atoms. The van der Waals surface area contributed by atoms with E-state index in [0.717, 1.165) is 33.5 Å². The zero-order chi connectivity index (χ0) is 24.3. The molecule has 4 aromatic carbocycles. The SMILES string of the molecule is Brc1ccc(COc2ccccc2C=Nc2ccc([C@@H]3Nc4ccccc4[C@@H]4C=CC[C@H]43)cc2)cc1. The number of rotatable bonds is 6. The van der Waals surface area contributed by atoms with Crippen LogP contribution in [0.15, 0.2) is 119 Å². The standard InChI is InChI=1S/C32H27BrN2O/c33-25-16-12-22(13-17-25)21-36-31-11-4-1-6-24(31)20-34-26-18-14-23(15-19-26)32-29-9-5-8-27(29)28-7-2-3-10-30(28)35-32/h1-8,10-20,27,29,32,35H,9,21H2/t27-,29+,32-/m0/s1. The fourth-order valence-corrected chi connectivity index (χ4v) is 5.51. The number of hydrogen-bond acceptors (Lipinski definition) is 3. The minimum absolute atomic E-state index is 0.297. The largest absolute Gasteiger partial charge is 0.488 e. The Hall–Kier alpha value is -3.63. The van der Waals surface area contributed by atoms with Gasteiger partial charge in [-0.05, 0) is 71.5 Å². The second kappa shape index (κ2) is 10.2. The quantitative estimate of drug-likeness (QED) is 0.198. The van der Waals surface area contributed by atoms with Crippen molar-refractivity contribution < 1.29 is 4.74 Å². The van der Waals surface area contributed by atoms with E-state index in [1.807, 2.05) is 42.6 Å². The molecule has 4 aromatic rings. The summed E-state index contributed by atoms with van der Waals surface area (Å²) in [6.07, 6.45) is 7.71. The number of allylic oxidation sites excluding steroid dienone is 2. The molecule has 0 radical (unpaired) electrons. The second-order valence-electron chi connectivity index (χ2n) is 9.37. The number of fused-ring (bicyclic) bond motifs is 3. The molecule has 3 nitrogen and oxygen atoms in total. The van der Waals surface area contributed by atoms with Crippen molar-refractivity contribution in [2.45, 2.75) is 25.0 Å². The van der Waals surface area contributed by atoms with Gasteiger partial charge in [0.05, 0.1) is 11.7 Å². The molecule has 6 rings (SSSR count). The number of benzene rings is 4. The summed E-state index contributed by atoms with van der Waals surface area (Å²) in [4.78, 5) is 4.75. The minimum Gasteiger partial charge on any atom is -0.488 e. The van der Waals surface area contributed by atoms with E-state index in [9.17, 15) is 0 Å². The van der Waals surface area contributed by atoms with Gasteiger partial charge in [-0.2, -0.15) is 0 Å². The molecule has 4 heteroatoms. The number of halogens is 1. The van der Waals surface area contributed by atoms with E-state index in [1.165, 1.54) is 16.8 Å². The molecule has 0 aromatic heterocycles. The molecule has 0 fully saturated rings. The first-order chi connectivity index (χ1) is 17.7. The predicted molar refractivity (Wildman–Crippen MR) is 151 cm³/mol. The van der Waals surface area contributed by atoms with Crippen molar-refractivity contribution in [1.29, 1.82) is 0 Å². The van der Waals surface area contributed by atoms with E-state index in [2.05, 4.69) is 94.1 Å². The Labute approximate surface area is 220 Å². The fraction of sp³-hybridized carbons (Fsp3) is 0.156. The first-order valence-corrected chi connectivity index (χ1v) is 13.2. The summed E-state index contributed by atoms with van der Waals surface area (Å²) in [5, 5.41) is 3.80. The van der Waals surface area contributed by atoms with E-state index in [-0.39, 0.29) is 0 Å². The lowest BCUT2D eigenvalue weighted by Gasteiger charge is -2.37. The summed E-state index contributed by atoms with van der Waals surface area (Å²) in [5.41, 5.74) is 6.98. The van der Waals surface area contributed by atoms with Gasteiger partial charge in [0.2, 0.25) is 0 Å². The Balaban J connectivity index is 1.17. The molecule has 1 aliphatic heterocycles. The Kier molecular flexibility index (Phi) is 6.44. The van der Waals surface area contributed by atoms with Crippen LogP contribution in [-0.2, 0) is 6.61 Å². The highest BCUT2D eigenvalue weighted by Gasteiger charge is 2.37. The van der Waals surface area contributed by atoms with Crippen molar-refractivity contribution >= 4 is 33.5 Å². The normalized spacial score (nSPS) is 20.1. The second-order valence-corrected chi connectivity index (χ2v) is 10.3. The molecule has 0 saturated carbocycles. The zero-order valence-corrected chi connectivity index (χ0v) is 21.4. The van der Waals surface area contributed by atoms with Crippen molar-refractivity contribution in [3.05, 3.63) is 136 Å². The third kappa shape index (κ3) is 4.74. The Morgan fingerprint density at radius 1 is 0.889 bits per heavy atom. The zero-order valence-electron chi connectivity index (χ0n) is 19.8. The van der Waals surface area contributed by atoms with Gasteiger partial charge >= 0.3 is 0 Å². The van der Waals surface area contributed by atoms with Crippen molar-refractivity contribution in [2.75, 3.05) is 5.32 Å². The van der Waals surface area contributed by atoms with Crippen molar-refractivity contribution in [3.63, 3.8) is 0 Å². The summed E-state index contributed by atoms with van der Waals surface area (Å²) < 4.78 is 7.16. The average Bonchev–Trinajstić information content (AvgIpc) is 3.42. The number of aliphatic imine (C=N–C) groups is 1. The summed E-state index contributed by atoms with van der Waals surface area (Å²) in [7, 11) is 0. The molecule has 1 N–H and O–H groups in total. The Morgan fingerprint density at radius 2 is 1.67 bits per heavy atom. The van der Waals surface area contributed by atoms with E-state index in [0.29, 0.717) is 24.5 Å². The van der Waals surface area contributed by atoms with Crippen LogP contribution in [0.2, 0.25) is 0 Å².